The summed E-state index contributed by atoms with van der Waals surface area (Å²) in [6, 6.07) is 2.00. The molecule has 0 aliphatic heterocycles. The van der Waals surface area contributed by atoms with Crippen molar-refractivity contribution in [3.05, 3.63) is 18.1 Å². The lowest BCUT2D eigenvalue weighted by Crippen LogP contribution is -2.31. The number of hydrogen-bond acceptors (Lipinski definition) is 5. The second kappa shape index (κ2) is 8.42. The quantitative estimate of drug-likeness (QED) is 0.517. The Morgan fingerprint density at radius 1 is 1.42 bits per heavy atom. The van der Waals surface area contributed by atoms with Gasteiger partial charge in [-0.1, -0.05) is 13.3 Å². The Hall–Kier alpha value is -1.69. The highest BCUT2D eigenvalue weighted by atomic mass is 16.5. The van der Waals surface area contributed by atoms with Crippen molar-refractivity contribution in [2.75, 3.05) is 31.7 Å². The number of anilines is 1. The van der Waals surface area contributed by atoms with E-state index in [4.69, 9.17) is 15.9 Å². The number of aromatic nitrogens is 2. The molecule has 0 aliphatic rings. The van der Waals surface area contributed by atoms with Gasteiger partial charge in [0.15, 0.2) is 0 Å². The predicted octanol–water partition coefficient (Wildman–Crippen LogP) is 1.21. The maximum absolute atomic E-state index is 7.32. The van der Waals surface area contributed by atoms with Crippen LogP contribution in [-0.2, 0) is 11.2 Å². The molecule has 0 bridgehead atoms. The average molecular weight is 265 g/mol. The van der Waals surface area contributed by atoms with E-state index in [-0.39, 0.29) is 5.84 Å². The van der Waals surface area contributed by atoms with Gasteiger partial charge in [0.25, 0.3) is 0 Å². The monoisotopic (exact) mass is 265 g/mol. The summed E-state index contributed by atoms with van der Waals surface area (Å²) >= 11 is 0. The summed E-state index contributed by atoms with van der Waals surface area (Å²) in [6.07, 6.45) is 4.12. The first-order valence-electron chi connectivity index (χ1n) is 6.55. The van der Waals surface area contributed by atoms with E-state index in [0.717, 1.165) is 30.9 Å². The number of aryl methyl sites for hydroxylation is 1. The number of ether oxygens (including phenoxy) is 1. The van der Waals surface area contributed by atoms with Crippen LogP contribution in [0.25, 0.3) is 0 Å². The van der Waals surface area contributed by atoms with Gasteiger partial charge < -0.3 is 15.4 Å². The van der Waals surface area contributed by atoms with Crippen LogP contribution >= 0.6 is 0 Å². The van der Waals surface area contributed by atoms with Crippen molar-refractivity contribution >= 4 is 11.7 Å². The fourth-order valence-electron chi connectivity index (χ4n) is 1.75. The number of nitrogens with one attached hydrogen (secondary N) is 1. The Morgan fingerprint density at radius 3 is 2.84 bits per heavy atom. The normalized spacial score (nSPS) is 10.4. The fourth-order valence-corrected chi connectivity index (χ4v) is 1.75. The molecule has 6 heteroatoms. The number of rotatable bonds is 9. The van der Waals surface area contributed by atoms with E-state index in [2.05, 4.69) is 21.8 Å². The maximum atomic E-state index is 7.32. The maximum Gasteiger partial charge on any atom is 0.132 e. The molecule has 0 amide bonds. The predicted molar refractivity (Wildman–Crippen MR) is 76.6 cm³/mol. The summed E-state index contributed by atoms with van der Waals surface area (Å²) in [4.78, 5) is 10.6. The van der Waals surface area contributed by atoms with Gasteiger partial charge in [-0.25, -0.2) is 9.97 Å². The van der Waals surface area contributed by atoms with Crippen LogP contribution in [-0.4, -0.2) is 42.6 Å². The zero-order valence-corrected chi connectivity index (χ0v) is 11.7. The molecule has 1 aromatic rings. The van der Waals surface area contributed by atoms with E-state index in [1.807, 2.05) is 6.07 Å². The van der Waals surface area contributed by atoms with Crippen LogP contribution in [0.1, 0.15) is 25.5 Å². The molecule has 0 spiro atoms. The Bertz CT molecular complexity index is 396. The molecule has 0 saturated carbocycles. The summed E-state index contributed by atoms with van der Waals surface area (Å²) in [6.45, 7) is 4.14. The third-order valence-corrected chi connectivity index (χ3v) is 2.76. The molecule has 0 radical (unpaired) electrons. The first kappa shape index (κ1) is 15.4. The van der Waals surface area contributed by atoms with Gasteiger partial charge in [-0.05, 0) is 6.42 Å². The highest BCUT2D eigenvalue weighted by Crippen LogP contribution is 2.12. The second-order valence-electron chi connectivity index (χ2n) is 4.37. The van der Waals surface area contributed by atoms with Gasteiger partial charge in [-0.2, -0.15) is 0 Å². The zero-order valence-electron chi connectivity index (χ0n) is 11.7. The summed E-state index contributed by atoms with van der Waals surface area (Å²) in [5.74, 6) is 1.06. The zero-order chi connectivity index (χ0) is 14.1. The van der Waals surface area contributed by atoms with E-state index in [9.17, 15) is 0 Å². The molecule has 106 valence electrons. The molecule has 0 aliphatic carbocycles. The third-order valence-electron chi connectivity index (χ3n) is 2.76. The second-order valence-corrected chi connectivity index (χ2v) is 4.37. The van der Waals surface area contributed by atoms with Crippen LogP contribution < -0.4 is 10.6 Å². The summed E-state index contributed by atoms with van der Waals surface area (Å²) in [5, 5.41) is 7.32. The molecule has 0 aromatic carbocycles. The topological polar surface area (TPSA) is 88.1 Å². The largest absolute Gasteiger partial charge is 0.388 e. The number of nitrogens with two attached hydrogens (primary N) is 1. The molecule has 0 saturated heterocycles. The van der Waals surface area contributed by atoms with Gasteiger partial charge in [-0.3, -0.25) is 5.41 Å². The molecule has 19 heavy (non-hydrogen) atoms. The minimum Gasteiger partial charge on any atom is -0.388 e. The molecule has 0 unspecified atom stereocenters. The number of hydrogen-bond donors (Lipinski definition) is 2. The lowest BCUT2D eigenvalue weighted by atomic mass is 10.2. The van der Waals surface area contributed by atoms with Crippen molar-refractivity contribution in [3.8, 4) is 0 Å². The first-order valence-corrected chi connectivity index (χ1v) is 6.55. The van der Waals surface area contributed by atoms with Gasteiger partial charge in [0, 0.05) is 38.4 Å². The molecule has 1 heterocycles. The Kier molecular flexibility index (Phi) is 6.81. The summed E-state index contributed by atoms with van der Waals surface area (Å²) < 4.78 is 5.11. The van der Waals surface area contributed by atoms with Crippen molar-refractivity contribution in [1.29, 1.82) is 5.41 Å². The fraction of sp³-hybridized carbons (Fsp3) is 0.615. The van der Waals surface area contributed by atoms with Crippen molar-refractivity contribution in [1.82, 2.24) is 9.97 Å². The van der Waals surface area contributed by atoms with Crippen LogP contribution in [0.3, 0.4) is 0 Å². The van der Waals surface area contributed by atoms with Crippen LogP contribution in [0.4, 0.5) is 5.82 Å². The van der Waals surface area contributed by atoms with E-state index in [1.54, 1.807) is 13.4 Å². The Morgan fingerprint density at radius 2 is 2.21 bits per heavy atom. The van der Waals surface area contributed by atoms with Gasteiger partial charge in [0.05, 0.1) is 12.4 Å². The van der Waals surface area contributed by atoms with Crippen LogP contribution in [0, 0.1) is 5.41 Å². The van der Waals surface area contributed by atoms with Gasteiger partial charge in [0.1, 0.15) is 12.1 Å². The molecule has 0 atom stereocenters. The van der Waals surface area contributed by atoms with Crippen molar-refractivity contribution in [2.45, 2.75) is 26.2 Å². The van der Waals surface area contributed by atoms with Gasteiger partial charge in [0.2, 0.25) is 0 Å². The smallest absolute Gasteiger partial charge is 0.132 e. The van der Waals surface area contributed by atoms with E-state index in [0.29, 0.717) is 19.6 Å². The average Bonchev–Trinajstić information content (AvgIpc) is 2.39. The highest BCUT2D eigenvalue weighted by Gasteiger charge is 2.09. The Balaban J connectivity index is 2.76. The SMILES string of the molecule is CCCc1cc(N(CCOC)CCC(=N)N)ncn1. The van der Waals surface area contributed by atoms with Crippen molar-refractivity contribution in [3.63, 3.8) is 0 Å². The minimum atomic E-state index is 0.185. The summed E-state index contributed by atoms with van der Waals surface area (Å²) in [5.41, 5.74) is 6.46. The lowest BCUT2D eigenvalue weighted by molar-refractivity contribution is 0.205. The standard InChI is InChI=1S/C13H23N5O/c1-3-4-11-9-13(17-10-16-11)18(7-8-19-2)6-5-12(14)15/h9-10H,3-8H2,1-2H3,(H3,14,15). The van der Waals surface area contributed by atoms with Crippen LogP contribution in [0.5, 0.6) is 0 Å². The third kappa shape index (κ3) is 5.65. The number of methoxy groups -OCH3 is 1. The number of amidine groups is 1. The molecular weight excluding hydrogens is 242 g/mol. The number of nitrogens with zero attached hydrogens (tertiary/aromatic N) is 3. The molecule has 3 N–H and O–H groups in total. The van der Waals surface area contributed by atoms with Crippen LogP contribution in [0.2, 0.25) is 0 Å². The highest BCUT2D eigenvalue weighted by molar-refractivity contribution is 5.77. The minimum absolute atomic E-state index is 0.185. The van der Waals surface area contributed by atoms with E-state index in [1.165, 1.54) is 0 Å². The van der Waals surface area contributed by atoms with E-state index >= 15 is 0 Å². The molecule has 1 rings (SSSR count). The van der Waals surface area contributed by atoms with E-state index < -0.39 is 0 Å². The van der Waals surface area contributed by atoms with Crippen LogP contribution in [0.15, 0.2) is 12.4 Å². The Labute approximate surface area is 114 Å². The molecule has 6 nitrogen and oxygen atoms in total. The van der Waals surface area contributed by atoms with Gasteiger partial charge >= 0.3 is 0 Å². The molecule has 1 aromatic heterocycles. The lowest BCUT2D eigenvalue weighted by Gasteiger charge is -2.23. The first-order chi connectivity index (χ1) is 9.17. The van der Waals surface area contributed by atoms with Crippen molar-refractivity contribution in [2.24, 2.45) is 5.73 Å². The summed E-state index contributed by atoms with van der Waals surface area (Å²) in [7, 11) is 1.67. The molecular formula is C13H23N5O. The van der Waals surface area contributed by atoms with Gasteiger partial charge in [-0.15, -0.1) is 0 Å². The molecule has 0 fully saturated rings. The van der Waals surface area contributed by atoms with Crippen molar-refractivity contribution < 1.29 is 4.74 Å².